The third-order valence-corrected chi connectivity index (χ3v) is 2.64. The maximum Gasteiger partial charge on any atom is 0.242 e. The van der Waals surface area contributed by atoms with E-state index in [1.165, 1.54) is 6.33 Å². The Morgan fingerprint density at radius 2 is 2.05 bits per heavy atom. The first-order valence-electron chi connectivity index (χ1n) is 5.72. The molecule has 0 fully saturated rings. The van der Waals surface area contributed by atoms with Crippen molar-refractivity contribution in [1.82, 2.24) is 15.0 Å². The molecule has 7 heteroatoms. The van der Waals surface area contributed by atoms with Crippen LogP contribution in [0.25, 0.3) is 0 Å². The molecule has 0 aliphatic rings. The molecule has 6 nitrogen and oxygen atoms in total. The van der Waals surface area contributed by atoms with E-state index in [1.807, 2.05) is 26.0 Å². The molecule has 2 rings (SSSR count). The molecule has 3 N–H and O–H groups in total. The highest BCUT2D eigenvalue weighted by Gasteiger charge is 2.11. The topological polar surface area (TPSA) is 86.0 Å². The molecule has 0 aromatic carbocycles. The molecule has 0 amide bonds. The largest absolute Gasteiger partial charge is 0.473 e. The van der Waals surface area contributed by atoms with E-state index < -0.39 is 0 Å². The zero-order valence-electron chi connectivity index (χ0n) is 10.6. The molecule has 0 saturated heterocycles. The minimum Gasteiger partial charge on any atom is -0.473 e. The van der Waals surface area contributed by atoms with Crippen molar-refractivity contribution >= 4 is 33.3 Å². The molecule has 100 valence electrons. The number of ether oxygens (including phenoxy) is 1. The van der Waals surface area contributed by atoms with Gasteiger partial charge in [0, 0.05) is 10.7 Å². The van der Waals surface area contributed by atoms with Crippen LogP contribution in [0, 0.1) is 0 Å². The molecule has 0 atom stereocenters. The van der Waals surface area contributed by atoms with Crippen molar-refractivity contribution in [2.75, 3.05) is 11.1 Å². The summed E-state index contributed by atoms with van der Waals surface area (Å²) in [4.78, 5) is 12.3. The van der Waals surface area contributed by atoms with Gasteiger partial charge in [-0.1, -0.05) is 0 Å². The molecule has 2 aromatic rings. The van der Waals surface area contributed by atoms with Gasteiger partial charge in [0.25, 0.3) is 0 Å². The van der Waals surface area contributed by atoms with E-state index in [-0.39, 0.29) is 6.10 Å². The van der Waals surface area contributed by atoms with Crippen molar-refractivity contribution in [2.45, 2.75) is 20.0 Å². The molecule has 0 unspecified atom stereocenters. The minimum absolute atomic E-state index is 0.00384. The SMILES string of the molecule is CC(C)Oc1ncnc(Nc2ccc(Br)cn2)c1N. The molecule has 0 saturated carbocycles. The molecule has 19 heavy (non-hydrogen) atoms. The molecule has 0 bridgehead atoms. The van der Waals surface area contributed by atoms with Crippen molar-refractivity contribution in [2.24, 2.45) is 0 Å². The van der Waals surface area contributed by atoms with Crippen LogP contribution in [-0.2, 0) is 0 Å². The predicted octanol–water partition coefficient (Wildman–Crippen LogP) is 2.75. The van der Waals surface area contributed by atoms with Gasteiger partial charge in [-0.2, -0.15) is 4.98 Å². The van der Waals surface area contributed by atoms with E-state index in [1.54, 1.807) is 6.20 Å². The summed E-state index contributed by atoms with van der Waals surface area (Å²) >= 11 is 3.32. The predicted molar refractivity (Wildman–Crippen MR) is 77.4 cm³/mol. The summed E-state index contributed by atoms with van der Waals surface area (Å²) < 4.78 is 6.40. The smallest absolute Gasteiger partial charge is 0.242 e. The number of nitrogen functional groups attached to an aromatic ring is 1. The zero-order valence-corrected chi connectivity index (χ0v) is 12.2. The Hall–Kier alpha value is -1.89. The van der Waals surface area contributed by atoms with E-state index in [0.717, 1.165) is 4.47 Å². The van der Waals surface area contributed by atoms with Crippen LogP contribution in [0.2, 0.25) is 0 Å². The standard InChI is InChI=1S/C12H14BrN5O/c1-7(2)19-12-10(14)11(16-6-17-12)18-9-4-3-8(13)5-15-9/h3-7H,14H2,1-2H3,(H,15,16,17,18). The molecule has 0 aliphatic carbocycles. The van der Waals surface area contributed by atoms with Gasteiger partial charge in [-0.15, -0.1) is 0 Å². The van der Waals surface area contributed by atoms with Crippen LogP contribution in [0.4, 0.5) is 17.3 Å². The second-order valence-electron chi connectivity index (χ2n) is 4.09. The number of nitrogens with one attached hydrogen (secondary N) is 1. The number of halogens is 1. The number of pyridine rings is 1. The van der Waals surface area contributed by atoms with Crippen LogP contribution in [-0.4, -0.2) is 21.1 Å². The average Bonchev–Trinajstić information content (AvgIpc) is 2.36. The third kappa shape index (κ3) is 3.54. The third-order valence-electron chi connectivity index (χ3n) is 2.17. The quantitative estimate of drug-likeness (QED) is 0.899. The monoisotopic (exact) mass is 323 g/mol. The van der Waals surface area contributed by atoms with Crippen LogP contribution >= 0.6 is 15.9 Å². The Morgan fingerprint density at radius 1 is 1.26 bits per heavy atom. The normalized spacial score (nSPS) is 10.5. The van der Waals surface area contributed by atoms with Gasteiger partial charge in [0.1, 0.15) is 17.8 Å². The van der Waals surface area contributed by atoms with Crippen molar-refractivity contribution in [3.8, 4) is 5.88 Å². The number of nitrogens with zero attached hydrogens (tertiary/aromatic N) is 3. The highest BCUT2D eigenvalue weighted by molar-refractivity contribution is 9.10. The summed E-state index contributed by atoms with van der Waals surface area (Å²) in [6.45, 7) is 3.82. The van der Waals surface area contributed by atoms with E-state index in [4.69, 9.17) is 10.5 Å². The van der Waals surface area contributed by atoms with Gasteiger partial charge in [-0.25, -0.2) is 9.97 Å². The van der Waals surface area contributed by atoms with Crippen LogP contribution in [0.15, 0.2) is 29.1 Å². The van der Waals surface area contributed by atoms with Gasteiger partial charge in [0.05, 0.1) is 6.10 Å². The van der Waals surface area contributed by atoms with E-state index in [0.29, 0.717) is 23.2 Å². The summed E-state index contributed by atoms with van der Waals surface area (Å²) in [6.07, 6.45) is 3.08. The van der Waals surface area contributed by atoms with Gasteiger partial charge in [0.2, 0.25) is 5.88 Å². The first kappa shape index (κ1) is 13.5. The lowest BCUT2D eigenvalue weighted by Crippen LogP contribution is -2.11. The number of anilines is 3. The number of hydrogen-bond acceptors (Lipinski definition) is 6. The highest BCUT2D eigenvalue weighted by Crippen LogP contribution is 2.27. The van der Waals surface area contributed by atoms with E-state index >= 15 is 0 Å². The second-order valence-corrected chi connectivity index (χ2v) is 5.01. The second kappa shape index (κ2) is 5.83. The van der Waals surface area contributed by atoms with Gasteiger partial charge in [-0.05, 0) is 41.9 Å². The van der Waals surface area contributed by atoms with Crippen LogP contribution < -0.4 is 15.8 Å². The van der Waals surface area contributed by atoms with Gasteiger partial charge < -0.3 is 15.8 Å². The summed E-state index contributed by atoms with van der Waals surface area (Å²) in [5.74, 6) is 1.48. The van der Waals surface area contributed by atoms with Crippen molar-refractivity contribution in [1.29, 1.82) is 0 Å². The zero-order chi connectivity index (χ0) is 13.8. The van der Waals surface area contributed by atoms with E-state index in [2.05, 4.69) is 36.2 Å². The van der Waals surface area contributed by atoms with Crippen molar-refractivity contribution in [3.05, 3.63) is 29.1 Å². The first-order valence-corrected chi connectivity index (χ1v) is 6.51. The number of nitrogens with two attached hydrogens (primary N) is 1. The van der Waals surface area contributed by atoms with Gasteiger partial charge in [-0.3, -0.25) is 0 Å². The number of rotatable bonds is 4. The molecule has 2 heterocycles. The van der Waals surface area contributed by atoms with E-state index in [9.17, 15) is 0 Å². The lowest BCUT2D eigenvalue weighted by molar-refractivity contribution is 0.234. The molecule has 0 aliphatic heterocycles. The average molecular weight is 324 g/mol. The summed E-state index contributed by atoms with van der Waals surface area (Å²) in [5, 5.41) is 3.02. The van der Waals surface area contributed by atoms with Crippen LogP contribution in [0.3, 0.4) is 0 Å². The fraction of sp³-hybridized carbons (Fsp3) is 0.250. The lowest BCUT2D eigenvalue weighted by Gasteiger charge is -2.13. The van der Waals surface area contributed by atoms with Crippen LogP contribution in [0.1, 0.15) is 13.8 Å². The maximum atomic E-state index is 5.96. The Labute approximate surface area is 119 Å². The molecule has 0 radical (unpaired) electrons. The Kier molecular flexibility index (Phi) is 4.16. The van der Waals surface area contributed by atoms with Crippen LogP contribution in [0.5, 0.6) is 5.88 Å². The lowest BCUT2D eigenvalue weighted by atomic mass is 10.4. The fourth-order valence-corrected chi connectivity index (χ4v) is 1.60. The number of hydrogen-bond donors (Lipinski definition) is 2. The Morgan fingerprint density at radius 3 is 2.68 bits per heavy atom. The molecular formula is C12H14BrN5O. The molecule has 0 spiro atoms. The fourth-order valence-electron chi connectivity index (χ4n) is 1.37. The summed E-state index contributed by atoms with van der Waals surface area (Å²) in [5.41, 5.74) is 6.32. The molecular weight excluding hydrogens is 310 g/mol. The van der Waals surface area contributed by atoms with Crippen molar-refractivity contribution in [3.63, 3.8) is 0 Å². The summed E-state index contributed by atoms with van der Waals surface area (Å²) in [7, 11) is 0. The first-order chi connectivity index (χ1) is 9.06. The number of aromatic nitrogens is 3. The maximum absolute atomic E-state index is 5.96. The Bertz CT molecular complexity index is 559. The van der Waals surface area contributed by atoms with Gasteiger partial charge in [0.15, 0.2) is 5.82 Å². The van der Waals surface area contributed by atoms with Crippen molar-refractivity contribution < 1.29 is 4.74 Å². The summed E-state index contributed by atoms with van der Waals surface area (Å²) in [6, 6.07) is 3.69. The molecule has 2 aromatic heterocycles. The minimum atomic E-state index is -0.00384. The highest BCUT2D eigenvalue weighted by atomic mass is 79.9. The van der Waals surface area contributed by atoms with Gasteiger partial charge >= 0.3 is 0 Å². The Balaban J connectivity index is 2.23.